The standard InChI is InChI=1S/C20H32N4O4S/c1-16(25)23-8-3-7-22(9-10-23)13-18-12-21-20(29(26,27)15-17-5-6-17)24(18)14-19-4-2-11-28-19/h12,17,19H,2-11,13-15H2,1H3. The van der Waals surface area contributed by atoms with Crippen LogP contribution in [0.1, 0.15) is 44.7 Å². The maximum atomic E-state index is 13.0. The van der Waals surface area contributed by atoms with Crippen LogP contribution < -0.4 is 0 Å². The highest BCUT2D eigenvalue weighted by Gasteiger charge is 2.33. The van der Waals surface area contributed by atoms with Gasteiger partial charge in [-0.25, -0.2) is 13.4 Å². The molecule has 1 aromatic rings. The molecule has 0 radical (unpaired) electrons. The SMILES string of the molecule is CC(=O)N1CCCN(Cc2cnc(S(=O)(=O)CC3CC3)n2CC2CCCO2)CC1. The molecule has 1 amide bonds. The summed E-state index contributed by atoms with van der Waals surface area (Å²) in [6.07, 6.45) is 6.67. The van der Waals surface area contributed by atoms with E-state index in [0.29, 0.717) is 25.6 Å². The largest absolute Gasteiger partial charge is 0.376 e. The monoisotopic (exact) mass is 424 g/mol. The second-order valence-electron chi connectivity index (χ2n) is 8.64. The van der Waals surface area contributed by atoms with Gasteiger partial charge in [0, 0.05) is 46.3 Å². The van der Waals surface area contributed by atoms with Crippen LogP contribution in [-0.4, -0.2) is 78.3 Å². The van der Waals surface area contributed by atoms with Crippen LogP contribution >= 0.6 is 0 Å². The maximum Gasteiger partial charge on any atom is 0.227 e. The Bertz CT molecular complexity index is 828. The molecule has 3 heterocycles. The normalized spacial score (nSPS) is 24.0. The van der Waals surface area contributed by atoms with E-state index in [1.807, 2.05) is 9.47 Å². The lowest BCUT2D eigenvalue weighted by Crippen LogP contribution is -2.34. The third-order valence-corrected chi connectivity index (χ3v) is 7.95. The molecule has 162 valence electrons. The van der Waals surface area contributed by atoms with Crippen molar-refractivity contribution < 1.29 is 17.9 Å². The third-order valence-electron chi connectivity index (χ3n) is 6.16. The molecule has 4 rings (SSSR count). The van der Waals surface area contributed by atoms with E-state index < -0.39 is 9.84 Å². The van der Waals surface area contributed by atoms with Gasteiger partial charge in [0.15, 0.2) is 0 Å². The lowest BCUT2D eigenvalue weighted by Gasteiger charge is -2.23. The summed E-state index contributed by atoms with van der Waals surface area (Å²) in [7, 11) is -3.39. The first-order valence-corrected chi connectivity index (χ1v) is 12.4. The van der Waals surface area contributed by atoms with Gasteiger partial charge in [0.2, 0.25) is 20.9 Å². The molecule has 2 aliphatic heterocycles. The highest BCUT2D eigenvalue weighted by atomic mass is 32.2. The molecule has 0 spiro atoms. The first kappa shape index (κ1) is 20.8. The maximum absolute atomic E-state index is 13.0. The van der Waals surface area contributed by atoms with E-state index in [-0.39, 0.29) is 22.9 Å². The summed E-state index contributed by atoms with van der Waals surface area (Å²) < 4.78 is 33.6. The van der Waals surface area contributed by atoms with Crippen molar-refractivity contribution in [3.63, 3.8) is 0 Å². The van der Waals surface area contributed by atoms with Crippen molar-refractivity contribution in [3.8, 4) is 0 Å². The zero-order valence-electron chi connectivity index (χ0n) is 17.3. The van der Waals surface area contributed by atoms with Crippen molar-refractivity contribution in [1.82, 2.24) is 19.4 Å². The predicted octanol–water partition coefficient (Wildman–Crippen LogP) is 1.30. The number of rotatable bonds is 7. The van der Waals surface area contributed by atoms with Crippen molar-refractivity contribution in [2.75, 3.05) is 38.5 Å². The van der Waals surface area contributed by atoms with E-state index >= 15 is 0 Å². The quantitative estimate of drug-likeness (QED) is 0.656. The Hall–Kier alpha value is -1.45. The Balaban J connectivity index is 1.53. The van der Waals surface area contributed by atoms with Gasteiger partial charge in [-0.15, -0.1) is 0 Å². The summed E-state index contributed by atoms with van der Waals surface area (Å²) >= 11 is 0. The van der Waals surface area contributed by atoms with Crippen LogP contribution in [0, 0.1) is 5.92 Å². The lowest BCUT2D eigenvalue weighted by molar-refractivity contribution is -0.128. The molecule has 1 atom stereocenters. The number of sulfone groups is 1. The fourth-order valence-electron chi connectivity index (χ4n) is 4.30. The zero-order chi connectivity index (χ0) is 20.4. The Kier molecular flexibility index (Phi) is 6.27. The van der Waals surface area contributed by atoms with Crippen molar-refractivity contribution in [2.24, 2.45) is 5.92 Å². The zero-order valence-corrected chi connectivity index (χ0v) is 18.1. The van der Waals surface area contributed by atoms with Crippen molar-refractivity contribution >= 4 is 15.7 Å². The van der Waals surface area contributed by atoms with Gasteiger partial charge in [0.1, 0.15) is 0 Å². The first-order chi connectivity index (χ1) is 13.9. The molecule has 9 heteroatoms. The van der Waals surface area contributed by atoms with Gasteiger partial charge in [-0.05, 0) is 38.0 Å². The van der Waals surface area contributed by atoms with E-state index in [9.17, 15) is 13.2 Å². The summed E-state index contributed by atoms with van der Waals surface area (Å²) in [5.41, 5.74) is 0.922. The number of amides is 1. The molecule has 29 heavy (non-hydrogen) atoms. The van der Waals surface area contributed by atoms with Crippen molar-refractivity contribution in [1.29, 1.82) is 0 Å². The van der Waals surface area contributed by atoms with E-state index in [1.54, 1.807) is 13.1 Å². The van der Waals surface area contributed by atoms with Gasteiger partial charge in [-0.2, -0.15) is 0 Å². The Morgan fingerprint density at radius 3 is 2.69 bits per heavy atom. The highest BCUT2D eigenvalue weighted by Crippen LogP contribution is 2.32. The van der Waals surface area contributed by atoms with Gasteiger partial charge in [0.25, 0.3) is 0 Å². The molecule has 1 aromatic heterocycles. The molecule has 3 aliphatic rings. The van der Waals surface area contributed by atoms with Crippen molar-refractivity contribution in [2.45, 2.75) is 63.4 Å². The number of hydrogen-bond acceptors (Lipinski definition) is 6. The number of nitrogens with zero attached hydrogens (tertiary/aromatic N) is 4. The third kappa shape index (κ3) is 5.19. The Morgan fingerprint density at radius 1 is 1.17 bits per heavy atom. The molecule has 0 bridgehead atoms. The van der Waals surface area contributed by atoms with Gasteiger partial charge < -0.3 is 14.2 Å². The molecule has 1 aliphatic carbocycles. The lowest BCUT2D eigenvalue weighted by atomic mass is 10.2. The smallest absolute Gasteiger partial charge is 0.227 e. The second kappa shape index (κ2) is 8.73. The summed E-state index contributed by atoms with van der Waals surface area (Å²) in [5.74, 6) is 0.606. The van der Waals surface area contributed by atoms with E-state index in [1.165, 1.54) is 0 Å². The second-order valence-corrected chi connectivity index (χ2v) is 10.6. The summed E-state index contributed by atoms with van der Waals surface area (Å²) in [5, 5.41) is 0.204. The summed E-state index contributed by atoms with van der Waals surface area (Å²) in [6.45, 7) is 6.71. The first-order valence-electron chi connectivity index (χ1n) is 10.8. The molecule has 0 aromatic carbocycles. The van der Waals surface area contributed by atoms with Gasteiger partial charge in [-0.1, -0.05) is 0 Å². The van der Waals surface area contributed by atoms with Gasteiger partial charge >= 0.3 is 0 Å². The fraction of sp³-hybridized carbons (Fsp3) is 0.800. The van der Waals surface area contributed by atoms with Crippen LogP contribution in [0.15, 0.2) is 11.4 Å². The number of carbonyl (C=O) groups is 1. The number of carbonyl (C=O) groups excluding carboxylic acids is 1. The van der Waals surface area contributed by atoms with Crippen LogP contribution in [0.2, 0.25) is 0 Å². The number of hydrogen-bond donors (Lipinski definition) is 0. The summed E-state index contributed by atoms with van der Waals surface area (Å²) in [4.78, 5) is 20.2. The minimum Gasteiger partial charge on any atom is -0.376 e. The highest BCUT2D eigenvalue weighted by molar-refractivity contribution is 7.91. The van der Waals surface area contributed by atoms with E-state index in [2.05, 4.69) is 9.88 Å². The average molecular weight is 425 g/mol. The molecule has 1 unspecified atom stereocenters. The molecule has 2 saturated heterocycles. The summed E-state index contributed by atoms with van der Waals surface area (Å²) in [6, 6.07) is 0. The molecular formula is C20H32N4O4S. The van der Waals surface area contributed by atoms with Crippen LogP contribution in [0.25, 0.3) is 0 Å². The van der Waals surface area contributed by atoms with Gasteiger partial charge in [0.05, 0.1) is 30.3 Å². The van der Waals surface area contributed by atoms with Crippen LogP contribution in [0.4, 0.5) is 0 Å². The predicted molar refractivity (Wildman–Crippen MR) is 108 cm³/mol. The minimum atomic E-state index is -3.39. The average Bonchev–Trinajstić information content (AvgIpc) is 3.23. The molecule has 8 nitrogen and oxygen atoms in total. The fourth-order valence-corrected chi connectivity index (χ4v) is 6.14. The number of imidazole rings is 1. The van der Waals surface area contributed by atoms with Crippen LogP contribution in [0.5, 0.6) is 0 Å². The number of ether oxygens (including phenoxy) is 1. The Morgan fingerprint density at radius 2 is 2.00 bits per heavy atom. The van der Waals surface area contributed by atoms with Crippen LogP contribution in [0.3, 0.4) is 0 Å². The van der Waals surface area contributed by atoms with Gasteiger partial charge in [-0.3, -0.25) is 9.69 Å². The number of aromatic nitrogens is 2. The van der Waals surface area contributed by atoms with Crippen molar-refractivity contribution in [3.05, 3.63) is 11.9 Å². The Labute approximate surface area is 173 Å². The topological polar surface area (TPSA) is 84.7 Å². The minimum absolute atomic E-state index is 0.0511. The molecule has 1 saturated carbocycles. The molecular weight excluding hydrogens is 392 g/mol. The van der Waals surface area contributed by atoms with E-state index in [0.717, 1.165) is 64.0 Å². The molecule has 0 N–H and O–H groups in total. The van der Waals surface area contributed by atoms with Crippen LogP contribution in [-0.2, 0) is 32.5 Å². The molecule has 3 fully saturated rings. The van der Waals surface area contributed by atoms with E-state index in [4.69, 9.17) is 4.74 Å².